The highest BCUT2D eigenvalue weighted by atomic mass is 16.3. The second-order valence-corrected chi connectivity index (χ2v) is 8.36. The van der Waals surface area contributed by atoms with Crippen molar-refractivity contribution in [3.63, 3.8) is 0 Å². The van der Waals surface area contributed by atoms with Gasteiger partial charge in [-0.25, -0.2) is 0 Å². The van der Waals surface area contributed by atoms with Crippen LogP contribution >= 0.6 is 0 Å². The molecule has 1 saturated carbocycles. The van der Waals surface area contributed by atoms with E-state index in [1.165, 1.54) is 17.5 Å². The Balaban J connectivity index is 2.12. The first-order chi connectivity index (χ1) is 10.3. The number of phenols is 1. The van der Waals surface area contributed by atoms with E-state index >= 15 is 0 Å². The maximum Gasteiger partial charge on any atom is 0.122 e. The van der Waals surface area contributed by atoms with Gasteiger partial charge in [-0.05, 0) is 65.0 Å². The Labute approximate surface area is 134 Å². The molecule has 1 aromatic carbocycles. The van der Waals surface area contributed by atoms with E-state index in [0.29, 0.717) is 17.6 Å². The Morgan fingerprint density at radius 3 is 2.59 bits per heavy atom. The monoisotopic (exact) mass is 302 g/mol. The van der Waals surface area contributed by atoms with Crippen molar-refractivity contribution in [2.75, 3.05) is 6.61 Å². The normalized spacial score (nSPS) is 34.4. The van der Waals surface area contributed by atoms with Crippen LogP contribution in [-0.4, -0.2) is 16.8 Å². The van der Waals surface area contributed by atoms with Gasteiger partial charge in [0.25, 0.3) is 0 Å². The van der Waals surface area contributed by atoms with Gasteiger partial charge in [0.2, 0.25) is 0 Å². The molecular formula is C20H30O2. The minimum absolute atomic E-state index is 0.0248. The van der Waals surface area contributed by atoms with Gasteiger partial charge in [-0.15, -0.1) is 0 Å². The molecule has 0 radical (unpaired) electrons. The maximum absolute atomic E-state index is 10.7. The summed E-state index contributed by atoms with van der Waals surface area (Å²) in [6, 6.07) is 4.39. The number of benzene rings is 1. The molecular weight excluding hydrogens is 272 g/mol. The van der Waals surface area contributed by atoms with E-state index in [0.717, 1.165) is 31.2 Å². The fourth-order valence-electron chi connectivity index (χ4n) is 5.35. The molecule has 2 aliphatic carbocycles. The number of hydrogen-bond acceptors (Lipinski definition) is 2. The van der Waals surface area contributed by atoms with Crippen molar-refractivity contribution in [1.29, 1.82) is 0 Å². The largest absolute Gasteiger partial charge is 0.507 e. The van der Waals surface area contributed by atoms with Gasteiger partial charge in [0.15, 0.2) is 0 Å². The highest BCUT2D eigenvalue weighted by Gasteiger charge is 2.51. The highest BCUT2D eigenvalue weighted by molar-refractivity contribution is 5.51. The number of aliphatic hydroxyl groups is 1. The molecule has 0 spiro atoms. The lowest BCUT2D eigenvalue weighted by atomic mass is 9.50. The molecule has 0 unspecified atom stereocenters. The first-order valence-electron chi connectivity index (χ1n) is 8.79. The topological polar surface area (TPSA) is 40.5 Å². The van der Waals surface area contributed by atoms with Crippen LogP contribution in [0.3, 0.4) is 0 Å². The van der Waals surface area contributed by atoms with Crippen LogP contribution in [0.2, 0.25) is 0 Å². The third kappa shape index (κ3) is 2.11. The molecule has 2 nitrogen and oxygen atoms in total. The Morgan fingerprint density at radius 2 is 1.95 bits per heavy atom. The average Bonchev–Trinajstić information content (AvgIpc) is 2.47. The smallest absolute Gasteiger partial charge is 0.122 e. The van der Waals surface area contributed by atoms with Crippen molar-refractivity contribution >= 4 is 0 Å². The summed E-state index contributed by atoms with van der Waals surface area (Å²) in [5.41, 5.74) is 3.70. The Kier molecular flexibility index (Phi) is 3.79. The summed E-state index contributed by atoms with van der Waals surface area (Å²) in [7, 11) is 0. The van der Waals surface area contributed by atoms with Gasteiger partial charge in [0.1, 0.15) is 5.75 Å². The number of aromatic hydroxyl groups is 1. The third-order valence-corrected chi connectivity index (χ3v) is 6.65. The molecule has 1 fully saturated rings. The lowest BCUT2D eigenvalue weighted by Crippen LogP contribution is -2.50. The number of aliphatic hydroxyl groups excluding tert-OH is 1. The van der Waals surface area contributed by atoms with Gasteiger partial charge in [-0.1, -0.05) is 46.2 Å². The summed E-state index contributed by atoms with van der Waals surface area (Å²) in [5.74, 6) is 1.39. The van der Waals surface area contributed by atoms with Crippen molar-refractivity contribution in [1.82, 2.24) is 0 Å². The standard InChI is InChI=1S/C20H30O2/c1-13(2)14-6-8-16-15(18(14)22)7-9-17-19(3,12-21)10-5-11-20(16,17)4/h6,8,13,17,21-22H,5,7,9-12H2,1-4H3/t17-,19+,20+/m0/s1. The number of hydrogen-bond donors (Lipinski definition) is 2. The molecule has 2 heteroatoms. The van der Waals surface area contributed by atoms with Crippen LogP contribution in [0.15, 0.2) is 12.1 Å². The van der Waals surface area contributed by atoms with Crippen LogP contribution in [0.1, 0.15) is 76.0 Å². The number of fused-ring (bicyclic) bond motifs is 3. The van der Waals surface area contributed by atoms with E-state index in [4.69, 9.17) is 0 Å². The summed E-state index contributed by atoms with van der Waals surface area (Å²) < 4.78 is 0. The number of rotatable bonds is 2. The minimum atomic E-state index is 0.0248. The van der Waals surface area contributed by atoms with Crippen LogP contribution in [0.5, 0.6) is 5.75 Å². The molecule has 0 heterocycles. The molecule has 0 saturated heterocycles. The summed E-state index contributed by atoms with van der Waals surface area (Å²) in [6.07, 6.45) is 5.47. The lowest BCUT2D eigenvalue weighted by molar-refractivity contribution is -0.0181. The molecule has 2 N–H and O–H groups in total. The van der Waals surface area contributed by atoms with Crippen molar-refractivity contribution < 1.29 is 10.2 Å². The highest BCUT2D eigenvalue weighted by Crippen LogP contribution is 2.58. The van der Waals surface area contributed by atoms with Gasteiger partial charge in [0, 0.05) is 6.61 Å². The summed E-state index contributed by atoms with van der Waals surface area (Å²) in [4.78, 5) is 0. The summed E-state index contributed by atoms with van der Waals surface area (Å²) >= 11 is 0. The molecule has 22 heavy (non-hydrogen) atoms. The van der Waals surface area contributed by atoms with Crippen LogP contribution in [0, 0.1) is 11.3 Å². The van der Waals surface area contributed by atoms with Crippen LogP contribution in [-0.2, 0) is 11.8 Å². The predicted molar refractivity (Wildman–Crippen MR) is 90.4 cm³/mol. The number of phenolic OH excluding ortho intramolecular Hbond substituents is 1. The molecule has 0 aromatic heterocycles. The second-order valence-electron chi connectivity index (χ2n) is 8.36. The molecule has 2 aliphatic rings. The molecule has 0 bridgehead atoms. The van der Waals surface area contributed by atoms with E-state index < -0.39 is 0 Å². The summed E-state index contributed by atoms with van der Waals surface area (Å²) in [5, 5.41) is 20.7. The first-order valence-corrected chi connectivity index (χ1v) is 8.79. The fourth-order valence-corrected chi connectivity index (χ4v) is 5.35. The molecule has 3 rings (SSSR count). The van der Waals surface area contributed by atoms with Crippen LogP contribution < -0.4 is 0 Å². The predicted octanol–water partition coefficient (Wildman–Crippen LogP) is 4.52. The molecule has 122 valence electrons. The Morgan fingerprint density at radius 1 is 1.23 bits per heavy atom. The van der Waals surface area contributed by atoms with Gasteiger partial charge >= 0.3 is 0 Å². The Hall–Kier alpha value is -1.02. The molecule has 0 amide bonds. The van der Waals surface area contributed by atoms with Crippen molar-refractivity contribution in [3.8, 4) is 5.75 Å². The lowest BCUT2D eigenvalue weighted by Gasteiger charge is -2.55. The molecule has 3 atom stereocenters. The van der Waals surface area contributed by atoms with E-state index in [9.17, 15) is 10.2 Å². The third-order valence-electron chi connectivity index (χ3n) is 6.65. The maximum atomic E-state index is 10.7. The van der Waals surface area contributed by atoms with Gasteiger partial charge in [-0.3, -0.25) is 0 Å². The van der Waals surface area contributed by atoms with Crippen LogP contribution in [0.4, 0.5) is 0 Å². The zero-order valence-electron chi connectivity index (χ0n) is 14.4. The Bertz CT molecular complexity index is 577. The first kappa shape index (κ1) is 15.9. The van der Waals surface area contributed by atoms with Crippen molar-refractivity contribution in [3.05, 3.63) is 28.8 Å². The molecule has 0 aliphatic heterocycles. The minimum Gasteiger partial charge on any atom is -0.507 e. The van der Waals surface area contributed by atoms with E-state index in [1.54, 1.807) is 0 Å². The van der Waals surface area contributed by atoms with Crippen molar-refractivity contribution in [2.45, 2.75) is 71.1 Å². The quantitative estimate of drug-likeness (QED) is 0.843. The summed E-state index contributed by atoms with van der Waals surface area (Å²) in [6.45, 7) is 9.16. The van der Waals surface area contributed by atoms with Gasteiger partial charge in [0.05, 0.1) is 0 Å². The van der Waals surface area contributed by atoms with E-state index in [1.807, 2.05) is 0 Å². The SMILES string of the molecule is CC(C)c1ccc2c(c1O)CC[C@H]1[C@@](C)(CO)CCC[C@]21C. The fraction of sp³-hybridized carbons (Fsp3) is 0.700. The van der Waals surface area contributed by atoms with E-state index in [-0.39, 0.29) is 17.4 Å². The zero-order chi connectivity index (χ0) is 16.1. The van der Waals surface area contributed by atoms with Crippen molar-refractivity contribution in [2.24, 2.45) is 11.3 Å². The van der Waals surface area contributed by atoms with Gasteiger partial charge < -0.3 is 10.2 Å². The zero-order valence-corrected chi connectivity index (χ0v) is 14.4. The molecule has 1 aromatic rings. The average molecular weight is 302 g/mol. The van der Waals surface area contributed by atoms with E-state index in [2.05, 4.69) is 39.8 Å². The second kappa shape index (κ2) is 5.26. The van der Waals surface area contributed by atoms with Gasteiger partial charge in [-0.2, -0.15) is 0 Å². The van der Waals surface area contributed by atoms with Crippen LogP contribution in [0.25, 0.3) is 0 Å².